The SMILES string of the molecule is CCC/C=C\CCCCCCCC(=O)NC(COP(=O)(O)OCC(O)COC(=O)CCCCCCCCCCCCCCCCCCCCCCCC)C(=O)O. The molecule has 56 heavy (non-hydrogen) atoms. The number of carboxylic acid groups (broad SMARTS) is 1. The van der Waals surface area contributed by atoms with Crippen molar-refractivity contribution in [1.29, 1.82) is 0 Å². The fourth-order valence-electron chi connectivity index (χ4n) is 6.50. The summed E-state index contributed by atoms with van der Waals surface area (Å²) in [6.07, 6.45) is 39.8. The van der Waals surface area contributed by atoms with E-state index in [1.165, 1.54) is 116 Å². The molecule has 12 heteroatoms. The number of phosphoric ester groups is 1. The number of esters is 1. The van der Waals surface area contributed by atoms with Crippen molar-refractivity contribution in [3.63, 3.8) is 0 Å². The van der Waals surface area contributed by atoms with Crippen molar-refractivity contribution in [3.05, 3.63) is 12.2 Å². The van der Waals surface area contributed by atoms with E-state index in [2.05, 4.69) is 31.3 Å². The Kier molecular flexibility index (Phi) is 38.7. The highest BCUT2D eigenvalue weighted by atomic mass is 31.2. The molecule has 0 spiro atoms. The lowest BCUT2D eigenvalue weighted by Gasteiger charge is -2.18. The highest BCUT2D eigenvalue weighted by molar-refractivity contribution is 7.47. The molecule has 0 heterocycles. The van der Waals surface area contributed by atoms with Gasteiger partial charge in [0.25, 0.3) is 0 Å². The number of unbranched alkanes of at least 4 members (excludes halogenated alkanes) is 27. The maximum atomic E-state index is 12.2. The van der Waals surface area contributed by atoms with Crippen LogP contribution in [0.3, 0.4) is 0 Å². The van der Waals surface area contributed by atoms with Crippen LogP contribution >= 0.6 is 7.82 Å². The number of aliphatic carboxylic acids is 1. The largest absolute Gasteiger partial charge is 0.480 e. The summed E-state index contributed by atoms with van der Waals surface area (Å²) in [4.78, 5) is 45.8. The van der Waals surface area contributed by atoms with Crippen molar-refractivity contribution >= 4 is 25.7 Å². The van der Waals surface area contributed by atoms with Crippen LogP contribution in [0, 0.1) is 0 Å². The van der Waals surface area contributed by atoms with Crippen LogP contribution in [0.4, 0.5) is 0 Å². The highest BCUT2D eigenvalue weighted by Gasteiger charge is 2.28. The minimum atomic E-state index is -4.75. The first-order valence-corrected chi connectivity index (χ1v) is 24.2. The summed E-state index contributed by atoms with van der Waals surface area (Å²) >= 11 is 0. The second-order valence-electron chi connectivity index (χ2n) is 15.6. The number of nitrogens with one attached hydrogen (secondary N) is 1. The lowest BCUT2D eigenvalue weighted by atomic mass is 10.0. The van der Waals surface area contributed by atoms with Gasteiger partial charge < -0.3 is 25.2 Å². The van der Waals surface area contributed by atoms with Crippen molar-refractivity contribution in [3.8, 4) is 0 Å². The molecule has 0 radical (unpaired) electrons. The fraction of sp³-hybridized carbons (Fsp3) is 0.886. The summed E-state index contributed by atoms with van der Waals surface area (Å²) in [5.74, 6) is -2.38. The van der Waals surface area contributed by atoms with Crippen molar-refractivity contribution < 1.29 is 47.8 Å². The Hall–Kier alpha value is -1.78. The van der Waals surface area contributed by atoms with Gasteiger partial charge in [0.2, 0.25) is 5.91 Å². The number of hydrogen-bond donors (Lipinski definition) is 4. The van der Waals surface area contributed by atoms with Gasteiger partial charge in [-0.2, -0.15) is 0 Å². The molecule has 330 valence electrons. The van der Waals surface area contributed by atoms with E-state index in [-0.39, 0.29) is 12.8 Å². The number of aliphatic hydroxyl groups is 1. The first kappa shape index (κ1) is 54.2. The summed E-state index contributed by atoms with van der Waals surface area (Å²) in [6, 6.07) is -1.55. The number of aliphatic hydroxyl groups excluding tert-OH is 1. The lowest BCUT2D eigenvalue weighted by molar-refractivity contribution is -0.147. The second-order valence-corrected chi connectivity index (χ2v) is 17.0. The Morgan fingerprint density at radius 2 is 0.964 bits per heavy atom. The molecular weight excluding hydrogens is 733 g/mol. The third kappa shape index (κ3) is 39.1. The van der Waals surface area contributed by atoms with Gasteiger partial charge in [-0.05, 0) is 32.1 Å². The van der Waals surface area contributed by atoms with Gasteiger partial charge in [-0.1, -0.05) is 187 Å². The van der Waals surface area contributed by atoms with Crippen molar-refractivity contribution in [1.82, 2.24) is 5.32 Å². The van der Waals surface area contributed by atoms with Crippen molar-refractivity contribution in [2.45, 2.75) is 231 Å². The van der Waals surface area contributed by atoms with Gasteiger partial charge in [0, 0.05) is 12.8 Å². The van der Waals surface area contributed by atoms with Crippen LogP contribution < -0.4 is 5.32 Å². The number of carbonyl (C=O) groups excluding carboxylic acids is 2. The predicted octanol–water partition coefficient (Wildman–Crippen LogP) is 11.7. The number of hydrogen-bond acceptors (Lipinski definition) is 8. The quantitative estimate of drug-likeness (QED) is 0.0201. The van der Waals surface area contributed by atoms with E-state index >= 15 is 0 Å². The van der Waals surface area contributed by atoms with Crippen LogP contribution in [-0.4, -0.2) is 64.9 Å². The zero-order valence-electron chi connectivity index (χ0n) is 35.7. The Labute approximate surface area is 341 Å². The number of carbonyl (C=O) groups is 3. The summed E-state index contributed by atoms with van der Waals surface area (Å²) in [5.41, 5.74) is 0. The van der Waals surface area contributed by atoms with Gasteiger partial charge in [0.15, 0.2) is 6.04 Å². The number of amides is 1. The second kappa shape index (κ2) is 40.0. The molecule has 0 aliphatic heterocycles. The van der Waals surface area contributed by atoms with E-state index in [4.69, 9.17) is 13.8 Å². The monoisotopic (exact) mass is 818 g/mol. The lowest BCUT2D eigenvalue weighted by Crippen LogP contribution is -2.43. The molecule has 3 atom stereocenters. The van der Waals surface area contributed by atoms with Crippen LogP contribution in [-0.2, 0) is 32.7 Å². The molecule has 0 aromatic carbocycles. The smallest absolute Gasteiger partial charge is 0.472 e. The molecule has 0 rings (SSSR count). The molecule has 4 N–H and O–H groups in total. The van der Waals surface area contributed by atoms with Gasteiger partial charge >= 0.3 is 19.8 Å². The number of allylic oxidation sites excluding steroid dienone is 2. The normalized spacial score (nSPS) is 13.8. The van der Waals surface area contributed by atoms with Crippen molar-refractivity contribution in [2.75, 3.05) is 19.8 Å². The summed E-state index contributed by atoms with van der Waals surface area (Å²) in [6.45, 7) is 2.54. The Bertz CT molecular complexity index is 1010. The van der Waals surface area contributed by atoms with Gasteiger partial charge in [0.05, 0.1) is 13.2 Å². The average Bonchev–Trinajstić information content (AvgIpc) is 3.17. The zero-order chi connectivity index (χ0) is 41.4. The molecular formula is C44H84NO10P. The van der Waals surface area contributed by atoms with Gasteiger partial charge in [-0.25, -0.2) is 9.36 Å². The first-order valence-electron chi connectivity index (χ1n) is 22.7. The number of carboxylic acids is 1. The molecule has 0 aliphatic rings. The number of ether oxygens (including phenoxy) is 1. The van der Waals surface area contributed by atoms with Crippen LogP contribution in [0.25, 0.3) is 0 Å². The molecule has 0 bridgehead atoms. The molecule has 0 fully saturated rings. The predicted molar refractivity (Wildman–Crippen MR) is 226 cm³/mol. The molecule has 0 saturated carbocycles. The third-order valence-corrected chi connectivity index (χ3v) is 11.0. The van der Waals surface area contributed by atoms with E-state index in [1.54, 1.807) is 0 Å². The molecule has 0 saturated heterocycles. The Morgan fingerprint density at radius 3 is 1.43 bits per heavy atom. The van der Waals surface area contributed by atoms with E-state index < -0.39 is 57.6 Å². The summed E-state index contributed by atoms with van der Waals surface area (Å²) in [7, 11) is -4.75. The molecule has 1 amide bonds. The van der Waals surface area contributed by atoms with E-state index in [0.717, 1.165) is 64.2 Å². The van der Waals surface area contributed by atoms with Gasteiger partial charge in [0.1, 0.15) is 12.7 Å². The van der Waals surface area contributed by atoms with Crippen molar-refractivity contribution in [2.24, 2.45) is 0 Å². The zero-order valence-corrected chi connectivity index (χ0v) is 36.6. The molecule has 3 unspecified atom stereocenters. The van der Waals surface area contributed by atoms with E-state index in [0.29, 0.717) is 12.8 Å². The minimum Gasteiger partial charge on any atom is -0.480 e. The standard InChI is InChI=1S/C44H84NO10P/c1-3-5-7-9-11-13-15-16-17-18-19-20-21-22-23-24-25-26-28-30-32-34-36-43(48)53-37-40(46)38-54-56(51,52)55-39-41(44(49)50)45-42(47)35-33-31-29-27-14-12-10-8-6-4-2/h8,10,40-41,46H,3-7,9,11-39H2,1-2H3,(H,45,47)(H,49,50)(H,51,52)/b10-8-. The molecule has 0 aromatic heterocycles. The topological polar surface area (TPSA) is 169 Å². The van der Waals surface area contributed by atoms with E-state index in [1.807, 2.05) is 0 Å². The van der Waals surface area contributed by atoms with Gasteiger partial charge in [-0.15, -0.1) is 0 Å². The van der Waals surface area contributed by atoms with Gasteiger partial charge in [-0.3, -0.25) is 18.6 Å². The fourth-order valence-corrected chi connectivity index (χ4v) is 7.27. The van der Waals surface area contributed by atoms with Crippen LogP contribution in [0.5, 0.6) is 0 Å². The van der Waals surface area contributed by atoms with Crippen LogP contribution in [0.2, 0.25) is 0 Å². The number of phosphoric acid groups is 1. The number of rotatable bonds is 43. The Morgan fingerprint density at radius 1 is 0.554 bits per heavy atom. The Balaban J connectivity index is 3.77. The maximum Gasteiger partial charge on any atom is 0.472 e. The summed E-state index contributed by atoms with van der Waals surface area (Å²) < 4.78 is 26.8. The van der Waals surface area contributed by atoms with Crippen LogP contribution in [0.1, 0.15) is 219 Å². The average molecular weight is 818 g/mol. The summed E-state index contributed by atoms with van der Waals surface area (Å²) in [5, 5.41) is 21.8. The molecule has 11 nitrogen and oxygen atoms in total. The van der Waals surface area contributed by atoms with E-state index in [9.17, 15) is 34.1 Å². The molecule has 0 aromatic rings. The third-order valence-electron chi connectivity index (χ3n) is 10.0. The molecule has 0 aliphatic carbocycles. The maximum absolute atomic E-state index is 12.2. The highest BCUT2D eigenvalue weighted by Crippen LogP contribution is 2.43. The van der Waals surface area contributed by atoms with Crippen LogP contribution in [0.15, 0.2) is 12.2 Å². The minimum absolute atomic E-state index is 0.137. The first-order chi connectivity index (χ1) is 27.1.